The van der Waals surface area contributed by atoms with Gasteiger partial charge in [0.2, 0.25) is 0 Å². The maximum atomic E-state index is 13.0. The normalized spacial score (nSPS) is 16.4. The summed E-state index contributed by atoms with van der Waals surface area (Å²) in [7, 11) is 1.81. The molecular weight excluding hydrogens is 312 g/mol. The van der Waals surface area contributed by atoms with Gasteiger partial charge in [-0.25, -0.2) is 0 Å². The third-order valence-electron chi connectivity index (χ3n) is 4.76. The molecule has 0 spiro atoms. The fourth-order valence-electron chi connectivity index (χ4n) is 3.43. The molecule has 4 nitrogen and oxygen atoms in total. The molecule has 0 saturated heterocycles. The number of ether oxygens (including phenoxy) is 1. The predicted molar refractivity (Wildman–Crippen MR) is 97.5 cm³/mol. The van der Waals surface area contributed by atoms with Crippen LogP contribution < -0.4 is 0 Å². The van der Waals surface area contributed by atoms with E-state index in [9.17, 15) is 4.79 Å². The fourth-order valence-corrected chi connectivity index (χ4v) is 3.43. The molecule has 25 heavy (non-hydrogen) atoms. The van der Waals surface area contributed by atoms with E-state index in [-0.39, 0.29) is 12.0 Å². The monoisotopic (exact) mass is 332 g/mol. The molecular formula is C21H20N2O2. The SMILES string of the molecule is CN(C[C@H]1OCCc2ccccc21)C(=O)c1nccc2ccccc12. The molecule has 0 bridgehead atoms. The number of likely N-dealkylation sites (N-methyl/N-ethyl adjacent to an activating group) is 1. The maximum Gasteiger partial charge on any atom is 0.272 e. The van der Waals surface area contributed by atoms with Gasteiger partial charge in [0, 0.05) is 18.6 Å². The second-order valence-electron chi connectivity index (χ2n) is 6.37. The number of aromatic nitrogens is 1. The van der Waals surface area contributed by atoms with E-state index in [2.05, 4.69) is 23.2 Å². The lowest BCUT2D eigenvalue weighted by molar-refractivity contribution is 0.0199. The molecule has 2 aromatic carbocycles. The molecule has 3 aromatic rings. The number of carbonyl (C=O) groups is 1. The van der Waals surface area contributed by atoms with Crippen molar-refractivity contribution < 1.29 is 9.53 Å². The van der Waals surface area contributed by atoms with Gasteiger partial charge in [-0.15, -0.1) is 0 Å². The van der Waals surface area contributed by atoms with Gasteiger partial charge >= 0.3 is 0 Å². The van der Waals surface area contributed by atoms with Crippen molar-refractivity contribution in [2.24, 2.45) is 0 Å². The van der Waals surface area contributed by atoms with Crippen LogP contribution in [0.3, 0.4) is 0 Å². The molecule has 0 saturated carbocycles. The van der Waals surface area contributed by atoms with Gasteiger partial charge in [0.05, 0.1) is 13.2 Å². The Morgan fingerprint density at radius 3 is 2.88 bits per heavy atom. The van der Waals surface area contributed by atoms with Gasteiger partial charge in [-0.3, -0.25) is 9.78 Å². The van der Waals surface area contributed by atoms with Gasteiger partial charge in [-0.2, -0.15) is 0 Å². The Bertz CT molecular complexity index is 917. The van der Waals surface area contributed by atoms with Gasteiger partial charge in [-0.05, 0) is 29.0 Å². The minimum Gasteiger partial charge on any atom is -0.371 e. The molecule has 0 unspecified atom stereocenters. The highest BCUT2D eigenvalue weighted by molar-refractivity contribution is 6.05. The summed E-state index contributed by atoms with van der Waals surface area (Å²) in [6.07, 6.45) is 2.53. The summed E-state index contributed by atoms with van der Waals surface area (Å²) < 4.78 is 5.93. The van der Waals surface area contributed by atoms with Gasteiger partial charge in [-0.1, -0.05) is 48.5 Å². The summed E-state index contributed by atoms with van der Waals surface area (Å²) in [6.45, 7) is 1.21. The number of fused-ring (bicyclic) bond motifs is 2. The first-order chi connectivity index (χ1) is 12.2. The molecule has 2 heterocycles. The van der Waals surface area contributed by atoms with Crippen LogP contribution in [0, 0.1) is 0 Å². The van der Waals surface area contributed by atoms with Gasteiger partial charge in [0.15, 0.2) is 0 Å². The van der Waals surface area contributed by atoms with Crippen LogP contribution in [-0.4, -0.2) is 36.0 Å². The van der Waals surface area contributed by atoms with Crippen LogP contribution in [0.5, 0.6) is 0 Å². The van der Waals surface area contributed by atoms with Crippen molar-refractivity contribution in [3.63, 3.8) is 0 Å². The Kier molecular flexibility index (Phi) is 4.20. The molecule has 1 aliphatic heterocycles. The van der Waals surface area contributed by atoms with Crippen molar-refractivity contribution in [3.05, 3.63) is 77.6 Å². The number of carbonyl (C=O) groups excluding carboxylic acids is 1. The molecule has 4 rings (SSSR count). The van der Waals surface area contributed by atoms with Crippen LogP contribution in [0.4, 0.5) is 0 Å². The number of hydrogen-bond acceptors (Lipinski definition) is 3. The van der Waals surface area contributed by atoms with Crippen LogP contribution in [0.2, 0.25) is 0 Å². The molecule has 1 aromatic heterocycles. The van der Waals surface area contributed by atoms with Crippen LogP contribution in [0.1, 0.15) is 27.7 Å². The second-order valence-corrected chi connectivity index (χ2v) is 6.37. The zero-order chi connectivity index (χ0) is 17.2. The van der Waals surface area contributed by atoms with E-state index in [1.165, 1.54) is 11.1 Å². The van der Waals surface area contributed by atoms with Crippen molar-refractivity contribution in [1.82, 2.24) is 9.88 Å². The third-order valence-corrected chi connectivity index (χ3v) is 4.76. The summed E-state index contributed by atoms with van der Waals surface area (Å²) >= 11 is 0. The molecule has 1 amide bonds. The highest BCUT2D eigenvalue weighted by Crippen LogP contribution is 2.28. The first-order valence-electron chi connectivity index (χ1n) is 8.52. The van der Waals surface area contributed by atoms with E-state index in [4.69, 9.17) is 4.74 Å². The summed E-state index contributed by atoms with van der Waals surface area (Å²) in [5.74, 6) is -0.0801. The molecule has 0 radical (unpaired) electrons. The van der Waals surface area contributed by atoms with Gasteiger partial charge in [0.25, 0.3) is 5.91 Å². The van der Waals surface area contributed by atoms with Crippen LogP contribution in [0.25, 0.3) is 10.8 Å². The Morgan fingerprint density at radius 1 is 1.16 bits per heavy atom. The Labute approximate surface area is 147 Å². The number of amides is 1. The summed E-state index contributed by atoms with van der Waals surface area (Å²) in [5, 5.41) is 1.90. The van der Waals surface area contributed by atoms with Gasteiger partial charge in [0.1, 0.15) is 11.8 Å². The number of nitrogens with zero attached hydrogens (tertiary/aromatic N) is 2. The zero-order valence-corrected chi connectivity index (χ0v) is 14.2. The number of pyridine rings is 1. The average Bonchev–Trinajstić information content (AvgIpc) is 2.67. The molecule has 1 atom stereocenters. The largest absolute Gasteiger partial charge is 0.371 e. The Hall–Kier alpha value is -2.72. The summed E-state index contributed by atoms with van der Waals surface area (Å²) in [6, 6.07) is 18.1. The van der Waals surface area contributed by atoms with E-state index in [0.29, 0.717) is 18.8 Å². The van der Waals surface area contributed by atoms with Crippen molar-refractivity contribution in [1.29, 1.82) is 0 Å². The zero-order valence-electron chi connectivity index (χ0n) is 14.2. The molecule has 126 valence electrons. The fraction of sp³-hybridized carbons (Fsp3) is 0.238. The van der Waals surface area contributed by atoms with Crippen molar-refractivity contribution in [2.45, 2.75) is 12.5 Å². The van der Waals surface area contributed by atoms with E-state index < -0.39 is 0 Å². The minimum absolute atomic E-state index is 0.0801. The number of hydrogen-bond donors (Lipinski definition) is 0. The van der Waals surface area contributed by atoms with E-state index in [1.54, 1.807) is 11.1 Å². The van der Waals surface area contributed by atoms with E-state index in [1.807, 2.05) is 43.4 Å². The van der Waals surface area contributed by atoms with E-state index in [0.717, 1.165) is 17.2 Å². The summed E-state index contributed by atoms with van der Waals surface area (Å²) in [5.41, 5.74) is 2.98. The Balaban J connectivity index is 1.59. The van der Waals surface area contributed by atoms with Crippen LogP contribution >= 0.6 is 0 Å². The van der Waals surface area contributed by atoms with Crippen LogP contribution in [0.15, 0.2) is 60.8 Å². The lowest BCUT2D eigenvalue weighted by atomic mass is 9.97. The second kappa shape index (κ2) is 6.65. The predicted octanol–water partition coefficient (Wildman–Crippen LogP) is 3.62. The topological polar surface area (TPSA) is 42.4 Å². The highest BCUT2D eigenvalue weighted by Gasteiger charge is 2.25. The maximum absolute atomic E-state index is 13.0. The molecule has 0 aliphatic carbocycles. The number of rotatable bonds is 3. The molecule has 4 heteroatoms. The third kappa shape index (κ3) is 3.01. The lowest BCUT2D eigenvalue weighted by Crippen LogP contribution is -2.34. The van der Waals surface area contributed by atoms with Crippen molar-refractivity contribution in [3.8, 4) is 0 Å². The number of benzene rings is 2. The first-order valence-corrected chi connectivity index (χ1v) is 8.52. The van der Waals surface area contributed by atoms with Gasteiger partial charge < -0.3 is 9.64 Å². The molecule has 0 fully saturated rings. The van der Waals surface area contributed by atoms with Crippen molar-refractivity contribution >= 4 is 16.7 Å². The average molecular weight is 332 g/mol. The Morgan fingerprint density at radius 2 is 1.96 bits per heavy atom. The lowest BCUT2D eigenvalue weighted by Gasteiger charge is -2.29. The standard InChI is InChI=1S/C21H20N2O2/c1-23(14-19-17-8-4-2-7-16(17)11-13-25-19)21(24)20-18-9-5-3-6-15(18)10-12-22-20/h2-10,12,19H,11,13-14H2,1H3/t19-/m1/s1. The quantitative estimate of drug-likeness (QED) is 0.736. The summed E-state index contributed by atoms with van der Waals surface area (Å²) in [4.78, 5) is 19.0. The van der Waals surface area contributed by atoms with Crippen molar-refractivity contribution in [2.75, 3.05) is 20.2 Å². The molecule has 1 aliphatic rings. The van der Waals surface area contributed by atoms with Crippen LogP contribution in [-0.2, 0) is 11.2 Å². The minimum atomic E-state index is -0.0890. The smallest absolute Gasteiger partial charge is 0.272 e. The first kappa shape index (κ1) is 15.8. The van der Waals surface area contributed by atoms with E-state index >= 15 is 0 Å². The highest BCUT2D eigenvalue weighted by atomic mass is 16.5. The molecule has 0 N–H and O–H groups in total.